The molecule has 2 aromatic carbocycles. The summed E-state index contributed by atoms with van der Waals surface area (Å²) in [5.74, 6) is 7.81. The second-order valence-electron chi connectivity index (χ2n) is 8.27. The Hall–Kier alpha value is -2.07. The predicted molar refractivity (Wildman–Crippen MR) is 118 cm³/mol. The maximum Gasteiger partial charge on any atom is 0.132 e. The summed E-state index contributed by atoms with van der Waals surface area (Å²) in [5, 5.41) is 0. The van der Waals surface area contributed by atoms with Gasteiger partial charge in [0.05, 0.1) is 0 Å². The minimum atomic E-state index is -0.181. The highest BCUT2D eigenvalue weighted by Crippen LogP contribution is 2.31. The van der Waals surface area contributed by atoms with Crippen molar-refractivity contribution in [3.63, 3.8) is 0 Å². The molecule has 0 saturated heterocycles. The molecule has 0 spiro atoms. The van der Waals surface area contributed by atoms with Crippen LogP contribution in [0.1, 0.15) is 76.3 Å². The summed E-state index contributed by atoms with van der Waals surface area (Å²) in [6.45, 7) is 4.47. The van der Waals surface area contributed by atoms with Crippen molar-refractivity contribution in [1.82, 2.24) is 0 Å². The Morgan fingerprint density at radius 3 is 2.32 bits per heavy atom. The van der Waals surface area contributed by atoms with Crippen LogP contribution in [0, 0.1) is 29.5 Å². The van der Waals surface area contributed by atoms with Crippen LogP contribution >= 0.6 is 0 Å². The van der Waals surface area contributed by atoms with Crippen molar-refractivity contribution in [2.45, 2.75) is 71.6 Å². The molecule has 1 aliphatic carbocycles. The predicted octanol–water partition coefficient (Wildman–Crippen LogP) is 7.79. The molecular formula is C27H33F. The highest BCUT2D eigenvalue weighted by Gasteiger charge is 2.18. The van der Waals surface area contributed by atoms with Crippen LogP contribution in [0.25, 0.3) is 11.1 Å². The maximum absolute atomic E-state index is 14.7. The standard InChI is InChI=1S/C27H33F/c1-3-5-7-22-14-17-25(18-15-22)26-19-16-24(20-27(26)28)13-12-23-10-8-21(6-4-2)9-11-23/h14-21,23H,3-11H2,1-2H3. The van der Waals surface area contributed by atoms with E-state index in [1.807, 2.05) is 24.3 Å². The van der Waals surface area contributed by atoms with Crippen LogP contribution in [0.15, 0.2) is 42.5 Å². The first-order chi connectivity index (χ1) is 13.7. The summed E-state index contributed by atoms with van der Waals surface area (Å²) in [6, 6.07) is 13.7. The lowest BCUT2D eigenvalue weighted by Crippen LogP contribution is -2.13. The minimum Gasteiger partial charge on any atom is -0.206 e. The van der Waals surface area contributed by atoms with Crippen molar-refractivity contribution in [2.75, 3.05) is 0 Å². The summed E-state index contributed by atoms with van der Waals surface area (Å²) in [7, 11) is 0. The third-order valence-corrected chi connectivity index (χ3v) is 6.02. The van der Waals surface area contributed by atoms with Crippen molar-refractivity contribution in [2.24, 2.45) is 11.8 Å². The first kappa shape index (κ1) is 20.7. The van der Waals surface area contributed by atoms with Crippen LogP contribution in [0.4, 0.5) is 4.39 Å². The molecule has 0 amide bonds. The van der Waals surface area contributed by atoms with E-state index in [0.717, 1.165) is 23.5 Å². The lowest BCUT2D eigenvalue weighted by atomic mass is 9.80. The van der Waals surface area contributed by atoms with Gasteiger partial charge in [-0.3, -0.25) is 0 Å². The van der Waals surface area contributed by atoms with Gasteiger partial charge in [-0.1, -0.05) is 75.3 Å². The van der Waals surface area contributed by atoms with E-state index < -0.39 is 0 Å². The van der Waals surface area contributed by atoms with Gasteiger partial charge in [-0.2, -0.15) is 0 Å². The van der Waals surface area contributed by atoms with Gasteiger partial charge in [-0.05, 0) is 67.7 Å². The molecule has 1 saturated carbocycles. The van der Waals surface area contributed by atoms with Gasteiger partial charge in [-0.25, -0.2) is 4.39 Å². The summed E-state index contributed by atoms with van der Waals surface area (Å²) >= 11 is 0. The SMILES string of the molecule is CCCCc1ccc(-c2ccc(C#CC3CCC(CCC)CC3)cc2F)cc1. The summed E-state index contributed by atoms with van der Waals surface area (Å²) < 4.78 is 14.7. The van der Waals surface area contributed by atoms with Crippen molar-refractivity contribution in [3.8, 4) is 23.0 Å². The number of hydrogen-bond donors (Lipinski definition) is 0. The number of rotatable bonds is 6. The highest BCUT2D eigenvalue weighted by atomic mass is 19.1. The van der Waals surface area contributed by atoms with E-state index in [1.54, 1.807) is 6.07 Å². The topological polar surface area (TPSA) is 0 Å². The van der Waals surface area contributed by atoms with Crippen LogP contribution in [-0.2, 0) is 6.42 Å². The Morgan fingerprint density at radius 1 is 0.929 bits per heavy atom. The summed E-state index contributed by atoms with van der Waals surface area (Å²) in [5.41, 5.74) is 3.71. The molecule has 0 radical (unpaired) electrons. The molecule has 0 aliphatic heterocycles. The number of aryl methyl sites for hydroxylation is 1. The van der Waals surface area contributed by atoms with Crippen molar-refractivity contribution in [1.29, 1.82) is 0 Å². The second-order valence-corrected chi connectivity index (χ2v) is 8.27. The zero-order valence-corrected chi connectivity index (χ0v) is 17.4. The fourth-order valence-corrected chi connectivity index (χ4v) is 4.25. The zero-order valence-electron chi connectivity index (χ0n) is 17.4. The normalized spacial score (nSPS) is 19.1. The van der Waals surface area contributed by atoms with E-state index in [1.165, 1.54) is 56.9 Å². The number of benzene rings is 2. The van der Waals surface area contributed by atoms with Gasteiger partial charge >= 0.3 is 0 Å². The molecule has 1 fully saturated rings. The van der Waals surface area contributed by atoms with Gasteiger partial charge in [0.2, 0.25) is 0 Å². The monoisotopic (exact) mass is 376 g/mol. The molecule has 3 rings (SSSR count). The van der Waals surface area contributed by atoms with Crippen LogP contribution < -0.4 is 0 Å². The quantitative estimate of drug-likeness (QED) is 0.451. The minimum absolute atomic E-state index is 0.181. The molecule has 0 N–H and O–H groups in total. The fourth-order valence-electron chi connectivity index (χ4n) is 4.25. The van der Waals surface area contributed by atoms with Gasteiger partial charge in [0.15, 0.2) is 0 Å². The van der Waals surface area contributed by atoms with Gasteiger partial charge in [0, 0.05) is 17.0 Å². The zero-order chi connectivity index (χ0) is 19.8. The van der Waals surface area contributed by atoms with Crippen molar-refractivity contribution in [3.05, 3.63) is 59.4 Å². The van der Waals surface area contributed by atoms with Crippen LogP contribution in [0.3, 0.4) is 0 Å². The van der Waals surface area contributed by atoms with Crippen LogP contribution in [-0.4, -0.2) is 0 Å². The molecular weight excluding hydrogens is 343 g/mol. The van der Waals surface area contributed by atoms with Crippen molar-refractivity contribution < 1.29 is 4.39 Å². The first-order valence-corrected chi connectivity index (χ1v) is 11.1. The highest BCUT2D eigenvalue weighted by molar-refractivity contribution is 5.65. The Morgan fingerprint density at radius 2 is 1.68 bits per heavy atom. The molecule has 2 aromatic rings. The third kappa shape index (κ3) is 5.71. The lowest BCUT2D eigenvalue weighted by Gasteiger charge is -2.25. The largest absolute Gasteiger partial charge is 0.206 e. The van der Waals surface area contributed by atoms with Crippen LogP contribution in [0.5, 0.6) is 0 Å². The number of halogens is 1. The molecule has 0 aromatic heterocycles. The van der Waals surface area contributed by atoms with E-state index in [-0.39, 0.29) is 5.82 Å². The van der Waals surface area contributed by atoms with Crippen LogP contribution in [0.2, 0.25) is 0 Å². The van der Waals surface area contributed by atoms with Gasteiger partial charge in [0.1, 0.15) is 5.82 Å². The molecule has 148 valence electrons. The van der Waals surface area contributed by atoms with E-state index in [4.69, 9.17) is 0 Å². The summed E-state index contributed by atoms with van der Waals surface area (Å²) in [6.07, 6.45) is 11.1. The molecule has 0 atom stereocenters. The molecule has 1 aliphatic rings. The first-order valence-electron chi connectivity index (χ1n) is 11.1. The molecule has 1 heteroatoms. The summed E-state index contributed by atoms with van der Waals surface area (Å²) in [4.78, 5) is 0. The lowest BCUT2D eigenvalue weighted by molar-refractivity contribution is 0.300. The molecule has 0 unspecified atom stereocenters. The fraction of sp³-hybridized carbons (Fsp3) is 0.481. The molecule has 0 heterocycles. The van der Waals surface area contributed by atoms with Gasteiger partial charge in [0.25, 0.3) is 0 Å². The number of unbranched alkanes of at least 4 members (excludes halogenated alkanes) is 1. The maximum atomic E-state index is 14.7. The van der Waals surface area contributed by atoms with E-state index in [2.05, 4.69) is 37.8 Å². The van der Waals surface area contributed by atoms with Crippen molar-refractivity contribution >= 4 is 0 Å². The molecule has 0 bridgehead atoms. The van der Waals surface area contributed by atoms with E-state index in [0.29, 0.717) is 11.5 Å². The smallest absolute Gasteiger partial charge is 0.132 e. The Bertz CT molecular complexity index is 798. The average molecular weight is 377 g/mol. The Balaban J connectivity index is 1.63. The van der Waals surface area contributed by atoms with Gasteiger partial charge in [-0.15, -0.1) is 0 Å². The Kier molecular flexibility index (Phi) is 7.72. The second kappa shape index (κ2) is 10.5. The molecule has 28 heavy (non-hydrogen) atoms. The van der Waals surface area contributed by atoms with Gasteiger partial charge < -0.3 is 0 Å². The number of hydrogen-bond acceptors (Lipinski definition) is 0. The Labute approximate surface area is 170 Å². The molecule has 0 nitrogen and oxygen atoms in total. The van der Waals surface area contributed by atoms with E-state index >= 15 is 0 Å². The average Bonchev–Trinajstić information content (AvgIpc) is 2.72. The third-order valence-electron chi connectivity index (χ3n) is 6.02. The van der Waals surface area contributed by atoms with E-state index in [9.17, 15) is 4.39 Å².